The maximum absolute atomic E-state index is 12.7. The minimum atomic E-state index is -0.926. The van der Waals surface area contributed by atoms with Crippen LogP contribution in [-0.4, -0.2) is 27.8 Å². The Hall–Kier alpha value is -3.19. The maximum Gasteiger partial charge on any atom is 0.349 e. The molecule has 0 aliphatic carbocycles. The van der Waals surface area contributed by atoms with E-state index in [1.165, 1.54) is 11.3 Å². The van der Waals surface area contributed by atoms with E-state index in [1.807, 2.05) is 54.1 Å². The first-order valence-corrected chi connectivity index (χ1v) is 11.1. The normalized spacial score (nSPS) is 12.4. The highest BCUT2D eigenvalue weighted by atomic mass is 32.1. The van der Waals surface area contributed by atoms with Crippen molar-refractivity contribution in [3.8, 4) is 0 Å². The summed E-state index contributed by atoms with van der Waals surface area (Å²) in [5, 5.41) is 10.4. The van der Waals surface area contributed by atoms with Gasteiger partial charge in [-0.15, -0.1) is 11.3 Å². The van der Waals surface area contributed by atoms with E-state index in [1.54, 1.807) is 13.0 Å². The highest BCUT2D eigenvalue weighted by molar-refractivity contribution is 7.20. The topological polar surface area (TPSA) is 73.2 Å². The van der Waals surface area contributed by atoms with E-state index in [0.29, 0.717) is 16.5 Å². The number of ether oxygens (including phenoxy) is 1. The lowest BCUT2D eigenvalue weighted by Gasteiger charge is -2.14. The van der Waals surface area contributed by atoms with Crippen LogP contribution in [0.1, 0.15) is 36.1 Å². The van der Waals surface area contributed by atoms with E-state index in [-0.39, 0.29) is 5.91 Å². The molecule has 4 rings (SSSR count). The fourth-order valence-electron chi connectivity index (χ4n) is 3.52. The molecule has 0 aliphatic heterocycles. The molecule has 0 saturated carbocycles. The second-order valence-electron chi connectivity index (χ2n) is 8.05. The summed E-state index contributed by atoms with van der Waals surface area (Å²) in [6, 6.07) is 15.3. The Morgan fingerprint density at radius 3 is 2.61 bits per heavy atom. The van der Waals surface area contributed by atoms with Crippen molar-refractivity contribution in [3.63, 3.8) is 0 Å². The van der Waals surface area contributed by atoms with Crippen LogP contribution in [0.5, 0.6) is 0 Å². The summed E-state index contributed by atoms with van der Waals surface area (Å²) in [6.45, 7) is 8.55. The van der Waals surface area contributed by atoms with E-state index < -0.39 is 12.1 Å². The van der Waals surface area contributed by atoms with E-state index in [9.17, 15) is 9.59 Å². The number of carbonyl (C=O) groups is 2. The van der Waals surface area contributed by atoms with Gasteiger partial charge in [0.25, 0.3) is 5.91 Å². The number of benzene rings is 2. The smallest absolute Gasteiger partial charge is 0.349 e. The summed E-state index contributed by atoms with van der Waals surface area (Å²) in [7, 11) is 0. The predicted molar refractivity (Wildman–Crippen MR) is 125 cm³/mol. The van der Waals surface area contributed by atoms with Crippen LogP contribution in [0.2, 0.25) is 0 Å². The zero-order valence-corrected chi connectivity index (χ0v) is 18.8. The van der Waals surface area contributed by atoms with Crippen LogP contribution in [0.15, 0.2) is 48.5 Å². The van der Waals surface area contributed by atoms with Crippen molar-refractivity contribution < 1.29 is 14.3 Å². The molecule has 0 saturated heterocycles. The van der Waals surface area contributed by atoms with Gasteiger partial charge in [0.15, 0.2) is 6.10 Å². The van der Waals surface area contributed by atoms with Gasteiger partial charge < -0.3 is 10.1 Å². The van der Waals surface area contributed by atoms with Crippen LogP contribution in [0.25, 0.3) is 21.0 Å². The summed E-state index contributed by atoms with van der Waals surface area (Å²) >= 11 is 1.35. The molecule has 6 nitrogen and oxygen atoms in total. The summed E-state index contributed by atoms with van der Waals surface area (Å²) in [6.07, 6.45) is -0.926. The molecule has 2 aromatic heterocycles. The first-order chi connectivity index (χ1) is 14.8. The van der Waals surface area contributed by atoms with Crippen LogP contribution in [0.4, 0.5) is 5.69 Å². The Bertz CT molecular complexity index is 1270. The number of hydrogen-bond donors (Lipinski definition) is 1. The van der Waals surface area contributed by atoms with E-state index in [4.69, 9.17) is 4.74 Å². The number of aryl methyl sites for hydroxylation is 1. The van der Waals surface area contributed by atoms with Gasteiger partial charge in [-0.05, 0) is 37.3 Å². The first kappa shape index (κ1) is 21.1. The highest BCUT2D eigenvalue weighted by Gasteiger charge is 2.23. The number of nitrogens with zero attached hydrogens (tertiary/aromatic N) is 2. The first-order valence-electron chi connectivity index (χ1n) is 10.3. The zero-order valence-electron chi connectivity index (χ0n) is 18.0. The van der Waals surface area contributed by atoms with Crippen LogP contribution in [0, 0.1) is 12.8 Å². The van der Waals surface area contributed by atoms with Gasteiger partial charge in [0, 0.05) is 23.0 Å². The van der Waals surface area contributed by atoms with Crippen LogP contribution in [0.3, 0.4) is 0 Å². The molecule has 160 valence electrons. The Morgan fingerprint density at radius 1 is 1.10 bits per heavy atom. The molecule has 31 heavy (non-hydrogen) atoms. The van der Waals surface area contributed by atoms with E-state index >= 15 is 0 Å². The third-order valence-corrected chi connectivity index (χ3v) is 6.18. The van der Waals surface area contributed by atoms with Crippen molar-refractivity contribution in [2.24, 2.45) is 5.92 Å². The van der Waals surface area contributed by atoms with E-state index in [0.717, 1.165) is 33.2 Å². The number of thiophene rings is 1. The van der Waals surface area contributed by atoms with Gasteiger partial charge in [-0.25, -0.2) is 4.79 Å². The molecule has 0 radical (unpaired) electrons. The zero-order chi connectivity index (χ0) is 22.1. The highest BCUT2D eigenvalue weighted by Crippen LogP contribution is 2.30. The molecule has 2 aromatic carbocycles. The Morgan fingerprint density at radius 2 is 1.84 bits per heavy atom. The SMILES string of the molecule is Cc1nn(CC(C)C)c2sc(C(=O)OC(C)C(=O)Nc3cccc4ccccc34)cc12. The lowest BCUT2D eigenvalue weighted by atomic mass is 10.1. The fraction of sp³-hybridized carbons (Fsp3) is 0.292. The molecule has 1 unspecified atom stereocenters. The summed E-state index contributed by atoms with van der Waals surface area (Å²) in [5.74, 6) is -0.428. The van der Waals surface area contributed by atoms with Crippen molar-refractivity contribution in [1.29, 1.82) is 0 Å². The minimum absolute atomic E-state index is 0.368. The number of carbonyl (C=O) groups excluding carboxylic acids is 2. The van der Waals surface area contributed by atoms with Gasteiger partial charge in [-0.3, -0.25) is 9.48 Å². The van der Waals surface area contributed by atoms with E-state index in [2.05, 4.69) is 24.3 Å². The second-order valence-corrected chi connectivity index (χ2v) is 9.08. The number of fused-ring (bicyclic) bond motifs is 2. The third kappa shape index (κ3) is 4.32. The summed E-state index contributed by atoms with van der Waals surface area (Å²) in [4.78, 5) is 26.8. The number of esters is 1. The maximum atomic E-state index is 12.7. The van der Waals surface area contributed by atoms with Crippen LogP contribution < -0.4 is 5.32 Å². The number of amides is 1. The van der Waals surface area contributed by atoms with Crippen molar-refractivity contribution >= 4 is 49.9 Å². The molecule has 0 aliphatic rings. The Kier molecular flexibility index (Phi) is 5.78. The van der Waals surface area contributed by atoms with Gasteiger partial charge in [0.1, 0.15) is 9.71 Å². The molecule has 7 heteroatoms. The number of anilines is 1. The minimum Gasteiger partial charge on any atom is -0.448 e. The molecule has 0 fully saturated rings. The molecule has 0 spiro atoms. The Labute approximate surface area is 184 Å². The molecule has 2 heterocycles. The van der Waals surface area contributed by atoms with Gasteiger partial charge in [-0.1, -0.05) is 50.2 Å². The van der Waals surface area contributed by atoms with Gasteiger partial charge in [0.05, 0.1) is 5.69 Å². The monoisotopic (exact) mass is 435 g/mol. The van der Waals surface area contributed by atoms with Crippen LogP contribution in [-0.2, 0) is 16.1 Å². The number of rotatable bonds is 6. The number of hydrogen-bond acceptors (Lipinski definition) is 5. The molecule has 1 atom stereocenters. The van der Waals surface area contributed by atoms with Crippen LogP contribution >= 0.6 is 11.3 Å². The molecule has 0 bridgehead atoms. The average molecular weight is 436 g/mol. The fourth-order valence-corrected chi connectivity index (χ4v) is 4.58. The molecular weight excluding hydrogens is 410 g/mol. The van der Waals surface area contributed by atoms with Crippen molar-refractivity contribution in [2.75, 3.05) is 5.32 Å². The largest absolute Gasteiger partial charge is 0.448 e. The lowest BCUT2D eigenvalue weighted by Crippen LogP contribution is -2.29. The Balaban J connectivity index is 1.48. The predicted octanol–water partition coefficient (Wildman–Crippen LogP) is 5.40. The molecule has 4 aromatic rings. The van der Waals surface area contributed by atoms with Gasteiger partial charge >= 0.3 is 5.97 Å². The molecule has 1 amide bonds. The molecule has 1 N–H and O–H groups in total. The van der Waals surface area contributed by atoms with Crippen molar-refractivity contribution in [1.82, 2.24) is 9.78 Å². The third-order valence-electron chi connectivity index (χ3n) is 5.05. The van der Waals surface area contributed by atoms with Gasteiger partial charge in [-0.2, -0.15) is 5.10 Å². The standard InChI is InChI=1S/C24H25N3O3S/c1-14(2)13-27-23-19(15(3)26-27)12-21(31-23)24(29)30-16(4)22(28)25-20-11-7-9-17-8-5-6-10-18(17)20/h5-12,14,16H,13H2,1-4H3,(H,25,28). The quantitative estimate of drug-likeness (QED) is 0.412. The average Bonchev–Trinajstić information content (AvgIpc) is 3.29. The van der Waals surface area contributed by atoms with Crippen molar-refractivity contribution in [2.45, 2.75) is 40.3 Å². The second kappa shape index (κ2) is 8.51. The summed E-state index contributed by atoms with van der Waals surface area (Å²) < 4.78 is 7.41. The number of nitrogens with one attached hydrogen (secondary N) is 1. The lowest BCUT2D eigenvalue weighted by molar-refractivity contribution is -0.123. The van der Waals surface area contributed by atoms with Crippen molar-refractivity contribution in [3.05, 3.63) is 59.1 Å². The number of aromatic nitrogens is 2. The molecular formula is C24H25N3O3S. The van der Waals surface area contributed by atoms with Gasteiger partial charge in [0.2, 0.25) is 0 Å². The summed E-state index contributed by atoms with van der Waals surface area (Å²) in [5.41, 5.74) is 1.57.